The summed E-state index contributed by atoms with van der Waals surface area (Å²) < 4.78 is 0. The SMILES string of the molecule is CCCCCC[C-]=O.[Fe]. The van der Waals surface area contributed by atoms with E-state index in [0.717, 1.165) is 6.42 Å². The summed E-state index contributed by atoms with van der Waals surface area (Å²) in [5, 5.41) is 0. The van der Waals surface area contributed by atoms with Gasteiger partial charge in [-0.05, 0) is 0 Å². The molecule has 0 saturated carbocycles. The Morgan fingerprint density at radius 3 is 2.33 bits per heavy atom. The zero-order chi connectivity index (χ0) is 6.24. The van der Waals surface area contributed by atoms with E-state index >= 15 is 0 Å². The van der Waals surface area contributed by atoms with Gasteiger partial charge < -0.3 is 4.79 Å². The van der Waals surface area contributed by atoms with Crippen molar-refractivity contribution >= 4 is 6.29 Å². The quantitative estimate of drug-likeness (QED) is 0.349. The summed E-state index contributed by atoms with van der Waals surface area (Å²) in [4.78, 5) is 9.64. The van der Waals surface area contributed by atoms with Gasteiger partial charge in [0.05, 0.1) is 0 Å². The van der Waals surface area contributed by atoms with Crippen molar-refractivity contribution in [1.29, 1.82) is 0 Å². The summed E-state index contributed by atoms with van der Waals surface area (Å²) in [6.07, 6.45) is 7.20. The molecule has 0 aliphatic rings. The predicted molar refractivity (Wildman–Crippen MR) is 34.5 cm³/mol. The van der Waals surface area contributed by atoms with E-state index in [0.29, 0.717) is 6.42 Å². The van der Waals surface area contributed by atoms with Crippen LogP contribution >= 0.6 is 0 Å². The van der Waals surface area contributed by atoms with Crippen LogP contribution in [0.5, 0.6) is 0 Å². The minimum Gasteiger partial charge on any atom is -0.542 e. The zero-order valence-corrected chi connectivity index (χ0v) is 6.90. The third kappa shape index (κ3) is 11.6. The maximum atomic E-state index is 9.64. The van der Waals surface area contributed by atoms with Crippen LogP contribution in [-0.2, 0) is 21.9 Å². The maximum Gasteiger partial charge on any atom is 0 e. The van der Waals surface area contributed by atoms with Crippen LogP contribution < -0.4 is 0 Å². The molecule has 0 unspecified atom stereocenters. The van der Waals surface area contributed by atoms with Gasteiger partial charge in [-0.2, -0.15) is 6.42 Å². The van der Waals surface area contributed by atoms with Gasteiger partial charge in [0.25, 0.3) is 0 Å². The van der Waals surface area contributed by atoms with Crippen molar-refractivity contribution in [1.82, 2.24) is 0 Å². The summed E-state index contributed by atoms with van der Waals surface area (Å²) in [6.45, 7) is 2.16. The molecule has 0 aromatic rings. The fourth-order valence-corrected chi connectivity index (χ4v) is 0.624. The topological polar surface area (TPSA) is 17.1 Å². The molecule has 1 nitrogen and oxygen atoms in total. The molecule has 0 aliphatic heterocycles. The van der Waals surface area contributed by atoms with Crippen LogP contribution in [0.15, 0.2) is 0 Å². The van der Waals surface area contributed by atoms with Crippen molar-refractivity contribution in [3.05, 3.63) is 0 Å². The Morgan fingerprint density at radius 2 is 1.89 bits per heavy atom. The maximum absolute atomic E-state index is 9.64. The number of carbonyl (C=O) groups excluding carboxylic acids is 1. The molecule has 0 saturated heterocycles. The Kier molecular flexibility index (Phi) is 14.6. The normalized spacial score (nSPS) is 8.11. The molecule has 0 atom stereocenters. The second kappa shape index (κ2) is 11.0. The molecule has 0 amide bonds. The van der Waals surface area contributed by atoms with E-state index < -0.39 is 0 Å². The average Bonchev–Trinajstić information content (AvgIpc) is 1.81. The number of unbranched alkanes of at least 4 members (excludes halogenated alkanes) is 4. The van der Waals surface area contributed by atoms with Gasteiger partial charge >= 0.3 is 0 Å². The molecule has 9 heavy (non-hydrogen) atoms. The number of hydrogen-bond donors (Lipinski definition) is 0. The van der Waals surface area contributed by atoms with Crippen LogP contribution in [0.25, 0.3) is 0 Å². The van der Waals surface area contributed by atoms with Gasteiger partial charge in [-0.1, -0.05) is 32.6 Å². The first kappa shape index (κ1) is 11.9. The summed E-state index contributed by atoms with van der Waals surface area (Å²) in [6, 6.07) is 0. The standard InChI is InChI=1S/C7H13O.Fe/c1-2-3-4-5-6-7-8;/h2-6H2,1H3;/q-1;. The first-order valence-electron chi connectivity index (χ1n) is 3.26. The first-order chi connectivity index (χ1) is 3.91. The zero-order valence-electron chi connectivity index (χ0n) is 5.80. The Morgan fingerprint density at radius 1 is 1.22 bits per heavy atom. The van der Waals surface area contributed by atoms with Gasteiger partial charge in [0.2, 0.25) is 0 Å². The van der Waals surface area contributed by atoms with Crippen LogP contribution in [-0.4, -0.2) is 6.29 Å². The Balaban J connectivity index is 0. The van der Waals surface area contributed by atoms with Gasteiger partial charge in [-0.15, -0.1) is 0 Å². The number of hydrogen-bond acceptors (Lipinski definition) is 1. The molecule has 0 N–H and O–H groups in total. The Labute approximate surface area is 67.7 Å². The number of rotatable bonds is 5. The molecule has 0 rings (SSSR count). The van der Waals surface area contributed by atoms with Crippen LogP contribution in [0.1, 0.15) is 39.0 Å². The minimum absolute atomic E-state index is 0. The van der Waals surface area contributed by atoms with Crippen molar-refractivity contribution in [2.24, 2.45) is 0 Å². The third-order valence-corrected chi connectivity index (χ3v) is 1.13. The molecule has 0 aromatic carbocycles. The molecule has 0 radical (unpaired) electrons. The average molecular weight is 169 g/mol. The summed E-state index contributed by atoms with van der Waals surface area (Å²) in [5.41, 5.74) is 0. The molecule has 0 heterocycles. The molecular weight excluding hydrogens is 156 g/mol. The predicted octanol–water partition coefficient (Wildman–Crippen LogP) is 2.06. The minimum atomic E-state index is 0. The largest absolute Gasteiger partial charge is 0.542 e. The molecule has 0 spiro atoms. The van der Waals surface area contributed by atoms with Crippen molar-refractivity contribution in [3.63, 3.8) is 0 Å². The van der Waals surface area contributed by atoms with Gasteiger partial charge in [0.15, 0.2) is 0 Å². The molecule has 0 aromatic heterocycles. The van der Waals surface area contributed by atoms with E-state index in [4.69, 9.17) is 0 Å². The summed E-state index contributed by atoms with van der Waals surface area (Å²) >= 11 is 0. The van der Waals surface area contributed by atoms with Gasteiger partial charge in [0, 0.05) is 17.1 Å². The summed E-state index contributed by atoms with van der Waals surface area (Å²) in [7, 11) is 0. The second-order valence-corrected chi connectivity index (χ2v) is 1.95. The van der Waals surface area contributed by atoms with Crippen LogP contribution in [0.2, 0.25) is 0 Å². The molecule has 0 fully saturated rings. The van der Waals surface area contributed by atoms with Crippen molar-refractivity contribution < 1.29 is 21.9 Å². The first-order valence-corrected chi connectivity index (χ1v) is 3.26. The Bertz CT molecular complexity index is 54.9. The molecule has 2 heteroatoms. The van der Waals surface area contributed by atoms with Gasteiger partial charge in [-0.3, -0.25) is 6.29 Å². The molecular formula is C7H13FeO-. The van der Waals surface area contributed by atoms with Gasteiger partial charge in [-0.25, -0.2) is 0 Å². The van der Waals surface area contributed by atoms with E-state index in [1.165, 1.54) is 19.3 Å². The van der Waals surface area contributed by atoms with Crippen LogP contribution in [0.3, 0.4) is 0 Å². The van der Waals surface area contributed by atoms with E-state index in [1.54, 1.807) is 0 Å². The monoisotopic (exact) mass is 169 g/mol. The van der Waals surface area contributed by atoms with Gasteiger partial charge in [0.1, 0.15) is 0 Å². The smallest absolute Gasteiger partial charge is 0 e. The van der Waals surface area contributed by atoms with Crippen molar-refractivity contribution in [3.8, 4) is 0 Å². The van der Waals surface area contributed by atoms with E-state index in [2.05, 4.69) is 6.92 Å². The summed E-state index contributed by atoms with van der Waals surface area (Å²) in [5.74, 6) is 0. The van der Waals surface area contributed by atoms with Crippen molar-refractivity contribution in [2.45, 2.75) is 39.0 Å². The molecule has 56 valence electrons. The Hall–Kier alpha value is 0.189. The van der Waals surface area contributed by atoms with E-state index in [1.807, 2.05) is 6.29 Å². The fourth-order valence-electron chi connectivity index (χ4n) is 0.624. The van der Waals surface area contributed by atoms with Crippen molar-refractivity contribution in [2.75, 3.05) is 0 Å². The molecule has 0 bridgehead atoms. The fraction of sp³-hybridized carbons (Fsp3) is 0.857. The van der Waals surface area contributed by atoms with Crippen LogP contribution in [0, 0.1) is 0 Å². The van der Waals surface area contributed by atoms with E-state index in [-0.39, 0.29) is 17.1 Å². The third-order valence-electron chi connectivity index (χ3n) is 1.13. The van der Waals surface area contributed by atoms with Crippen LogP contribution in [0.4, 0.5) is 0 Å². The van der Waals surface area contributed by atoms with E-state index in [9.17, 15) is 4.79 Å². The second-order valence-electron chi connectivity index (χ2n) is 1.95. The molecule has 0 aliphatic carbocycles.